The number of para-hydroxylation sites is 1. The highest BCUT2D eigenvalue weighted by Crippen LogP contribution is 2.29. The van der Waals surface area contributed by atoms with E-state index in [1.807, 2.05) is 63.2 Å². The Hall–Kier alpha value is -3.74. The number of amides is 2. The van der Waals surface area contributed by atoms with Gasteiger partial charge in [0, 0.05) is 35.5 Å². The molecule has 0 fully saturated rings. The third-order valence-electron chi connectivity index (χ3n) is 6.02. The summed E-state index contributed by atoms with van der Waals surface area (Å²) in [6, 6.07) is 15.8. The predicted molar refractivity (Wildman–Crippen MR) is 129 cm³/mol. The number of carbonyl (C=O) groups is 2. The first kappa shape index (κ1) is 22.5. The summed E-state index contributed by atoms with van der Waals surface area (Å²) in [5.41, 5.74) is 4.61. The van der Waals surface area contributed by atoms with Crippen molar-refractivity contribution in [3.8, 4) is 11.3 Å². The molecule has 0 aliphatic carbocycles. The summed E-state index contributed by atoms with van der Waals surface area (Å²) >= 11 is 0. The summed E-state index contributed by atoms with van der Waals surface area (Å²) < 4.78 is 1.24. The third kappa shape index (κ3) is 4.44. The smallest absolute Gasteiger partial charge is 0.267 e. The van der Waals surface area contributed by atoms with Crippen LogP contribution in [-0.2, 0) is 16.0 Å². The van der Waals surface area contributed by atoms with Gasteiger partial charge in [0.2, 0.25) is 5.91 Å². The first-order chi connectivity index (χ1) is 15.8. The minimum atomic E-state index is -0.755. The molecule has 1 aliphatic rings. The molecule has 0 saturated carbocycles. The molecule has 4 rings (SSSR count). The molecule has 0 spiro atoms. The van der Waals surface area contributed by atoms with E-state index in [0.29, 0.717) is 17.9 Å². The van der Waals surface area contributed by atoms with E-state index in [1.54, 1.807) is 17.9 Å². The van der Waals surface area contributed by atoms with Crippen molar-refractivity contribution in [1.82, 2.24) is 9.78 Å². The quantitative estimate of drug-likeness (QED) is 0.646. The number of hydrogen-bond donors (Lipinski definition) is 1. The maximum absolute atomic E-state index is 13.3. The number of aromatic nitrogens is 2. The first-order valence-corrected chi connectivity index (χ1v) is 11.2. The van der Waals surface area contributed by atoms with Gasteiger partial charge in [0.1, 0.15) is 6.04 Å². The maximum Gasteiger partial charge on any atom is 0.267 e. The first-order valence-electron chi connectivity index (χ1n) is 11.2. The lowest BCUT2D eigenvalue weighted by Crippen LogP contribution is -2.39. The highest BCUT2D eigenvalue weighted by molar-refractivity contribution is 5.97. The van der Waals surface area contributed by atoms with Gasteiger partial charge in [0.25, 0.3) is 11.5 Å². The van der Waals surface area contributed by atoms with Crippen LogP contribution < -0.4 is 15.8 Å². The third-order valence-corrected chi connectivity index (χ3v) is 6.02. The number of nitrogens with one attached hydrogen (secondary N) is 1. The Morgan fingerprint density at radius 3 is 2.55 bits per heavy atom. The standard InChI is InChI=1S/C26H28N4O3/c1-16(2)25(32)27-22-15-20(10-9-17(22)3)21-11-12-24(31)30(28-21)18(4)26(33)29-14-13-19-7-5-6-8-23(19)29/h5-12,15-16,18H,13-14H2,1-4H3,(H,27,32)/t18-/m1/s1. The summed E-state index contributed by atoms with van der Waals surface area (Å²) in [4.78, 5) is 39.8. The van der Waals surface area contributed by atoms with Gasteiger partial charge in [0.05, 0.1) is 5.69 Å². The number of fused-ring (bicyclic) bond motifs is 1. The van der Waals surface area contributed by atoms with Gasteiger partial charge in [-0.2, -0.15) is 5.10 Å². The molecule has 1 atom stereocenters. The molecule has 33 heavy (non-hydrogen) atoms. The molecule has 170 valence electrons. The monoisotopic (exact) mass is 444 g/mol. The van der Waals surface area contributed by atoms with Crippen LogP contribution in [0.3, 0.4) is 0 Å². The van der Waals surface area contributed by atoms with Crippen LogP contribution in [0, 0.1) is 12.8 Å². The fourth-order valence-electron chi connectivity index (χ4n) is 3.95. The fraction of sp³-hybridized carbons (Fsp3) is 0.308. The number of nitrogens with zero attached hydrogens (tertiary/aromatic N) is 3. The van der Waals surface area contributed by atoms with Crippen molar-refractivity contribution in [2.75, 3.05) is 16.8 Å². The van der Waals surface area contributed by atoms with Crippen molar-refractivity contribution < 1.29 is 9.59 Å². The molecule has 2 aromatic carbocycles. The van der Waals surface area contributed by atoms with Crippen molar-refractivity contribution in [2.45, 2.75) is 40.2 Å². The average Bonchev–Trinajstić information content (AvgIpc) is 3.24. The minimum Gasteiger partial charge on any atom is -0.326 e. The molecule has 1 aliphatic heterocycles. The second-order valence-corrected chi connectivity index (χ2v) is 8.72. The van der Waals surface area contributed by atoms with E-state index in [4.69, 9.17) is 0 Å². The highest BCUT2D eigenvalue weighted by Gasteiger charge is 2.29. The van der Waals surface area contributed by atoms with Crippen molar-refractivity contribution in [1.29, 1.82) is 0 Å². The van der Waals surface area contributed by atoms with E-state index < -0.39 is 6.04 Å². The van der Waals surface area contributed by atoms with Crippen molar-refractivity contribution in [3.05, 3.63) is 76.1 Å². The van der Waals surface area contributed by atoms with Gasteiger partial charge in [-0.25, -0.2) is 4.68 Å². The van der Waals surface area contributed by atoms with E-state index in [9.17, 15) is 14.4 Å². The molecule has 7 heteroatoms. The second-order valence-electron chi connectivity index (χ2n) is 8.72. The molecule has 3 aromatic rings. The number of aryl methyl sites for hydroxylation is 1. The van der Waals surface area contributed by atoms with Crippen LogP contribution in [0.4, 0.5) is 11.4 Å². The van der Waals surface area contributed by atoms with Gasteiger partial charge in [-0.15, -0.1) is 0 Å². The Bertz CT molecular complexity index is 1280. The molecular weight excluding hydrogens is 416 g/mol. The van der Waals surface area contributed by atoms with E-state index in [-0.39, 0.29) is 23.3 Å². The largest absolute Gasteiger partial charge is 0.326 e. The van der Waals surface area contributed by atoms with Crippen LogP contribution >= 0.6 is 0 Å². The van der Waals surface area contributed by atoms with Crippen LogP contribution in [0.2, 0.25) is 0 Å². The Labute approximate surface area is 193 Å². The zero-order valence-electron chi connectivity index (χ0n) is 19.3. The van der Waals surface area contributed by atoms with Crippen LogP contribution in [-0.4, -0.2) is 28.1 Å². The number of carbonyl (C=O) groups excluding carboxylic acids is 2. The second kappa shape index (κ2) is 9.02. The maximum atomic E-state index is 13.3. The number of rotatable bonds is 5. The van der Waals surface area contributed by atoms with Crippen molar-refractivity contribution >= 4 is 23.2 Å². The van der Waals surface area contributed by atoms with Gasteiger partial charge in [-0.3, -0.25) is 14.4 Å². The zero-order valence-corrected chi connectivity index (χ0v) is 19.3. The molecule has 0 saturated heterocycles. The lowest BCUT2D eigenvalue weighted by molar-refractivity contribution is -0.121. The van der Waals surface area contributed by atoms with E-state index >= 15 is 0 Å². The van der Waals surface area contributed by atoms with Gasteiger partial charge in [0.15, 0.2) is 0 Å². The number of benzene rings is 2. The molecule has 0 bridgehead atoms. The predicted octanol–water partition coefficient (Wildman–Crippen LogP) is 3.96. The van der Waals surface area contributed by atoms with Crippen molar-refractivity contribution in [2.24, 2.45) is 5.92 Å². The SMILES string of the molecule is Cc1ccc(-c2ccc(=O)n([C@H](C)C(=O)N3CCc4ccccc43)n2)cc1NC(=O)C(C)C. The summed E-state index contributed by atoms with van der Waals surface area (Å²) in [6.45, 7) is 7.88. The summed E-state index contributed by atoms with van der Waals surface area (Å²) in [5.74, 6) is -0.380. The Morgan fingerprint density at radius 2 is 1.79 bits per heavy atom. The topological polar surface area (TPSA) is 84.3 Å². The number of hydrogen-bond acceptors (Lipinski definition) is 4. The van der Waals surface area contributed by atoms with Gasteiger partial charge >= 0.3 is 0 Å². The van der Waals surface area contributed by atoms with Crippen LogP contribution in [0.5, 0.6) is 0 Å². The Morgan fingerprint density at radius 1 is 1.03 bits per heavy atom. The van der Waals surface area contributed by atoms with E-state index in [1.165, 1.54) is 10.7 Å². The van der Waals surface area contributed by atoms with E-state index in [0.717, 1.165) is 28.8 Å². The molecule has 2 amide bonds. The van der Waals surface area contributed by atoms with Gasteiger partial charge in [-0.05, 0) is 49.6 Å². The van der Waals surface area contributed by atoms with Crippen molar-refractivity contribution in [3.63, 3.8) is 0 Å². The van der Waals surface area contributed by atoms with Gasteiger partial charge in [-0.1, -0.05) is 44.2 Å². The molecule has 0 unspecified atom stereocenters. The van der Waals surface area contributed by atoms with Gasteiger partial charge < -0.3 is 10.2 Å². The number of anilines is 2. The fourth-order valence-corrected chi connectivity index (χ4v) is 3.95. The summed E-state index contributed by atoms with van der Waals surface area (Å²) in [5, 5.41) is 7.46. The van der Waals surface area contributed by atoms with Crippen LogP contribution in [0.25, 0.3) is 11.3 Å². The van der Waals surface area contributed by atoms with Crippen LogP contribution in [0.15, 0.2) is 59.4 Å². The molecular formula is C26H28N4O3. The summed E-state index contributed by atoms with van der Waals surface area (Å²) in [7, 11) is 0. The highest BCUT2D eigenvalue weighted by atomic mass is 16.2. The molecule has 0 radical (unpaired) electrons. The minimum absolute atomic E-state index is 0.0710. The molecule has 2 heterocycles. The molecule has 7 nitrogen and oxygen atoms in total. The normalized spacial score (nSPS) is 13.7. The van der Waals surface area contributed by atoms with Crippen LogP contribution in [0.1, 0.15) is 37.9 Å². The lowest BCUT2D eigenvalue weighted by Gasteiger charge is -2.22. The van der Waals surface area contributed by atoms with E-state index in [2.05, 4.69) is 10.4 Å². The Balaban J connectivity index is 1.64. The lowest BCUT2D eigenvalue weighted by atomic mass is 10.1. The molecule has 1 N–H and O–H groups in total. The molecule has 1 aromatic heterocycles. The average molecular weight is 445 g/mol. The zero-order chi connectivity index (χ0) is 23.7. The Kier molecular flexibility index (Phi) is 6.14. The summed E-state index contributed by atoms with van der Waals surface area (Å²) in [6.07, 6.45) is 0.797.